The van der Waals surface area contributed by atoms with Crippen LogP contribution in [-0.2, 0) is 6.54 Å². The SMILES string of the molecule is C=Cc1cccnc1CNC. The number of nitrogens with one attached hydrogen (secondary N) is 1. The van der Waals surface area contributed by atoms with E-state index < -0.39 is 0 Å². The number of pyridine rings is 1. The van der Waals surface area contributed by atoms with E-state index in [4.69, 9.17) is 0 Å². The molecule has 0 atom stereocenters. The standard InChI is InChI=1S/C9H12N2/c1-3-8-5-4-6-11-9(8)7-10-2/h3-6,10H,1,7H2,2H3. The number of aromatic nitrogens is 1. The summed E-state index contributed by atoms with van der Waals surface area (Å²) in [5, 5.41) is 3.05. The van der Waals surface area contributed by atoms with Crippen LogP contribution in [0.5, 0.6) is 0 Å². The lowest BCUT2D eigenvalue weighted by atomic mass is 10.2. The van der Waals surface area contributed by atoms with E-state index in [2.05, 4.69) is 16.9 Å². The van der Waals surface area contributed by atoms with Crippen molar-refractivity contribution in [2.45, 2.75) is 6.54 Å². The van der Waals surface area contributed by atoms with E-state index in [1.165, 1.54) is 0 Å². The normalized spacial score (nSPS) is 9.55. The predicted octanol–water partition coefficient (Wildman–Crippen LogP) is 1.44. The first-order chi connectivity index (χ1) is 5.38. The van der Waals surface area contributed by atoms with Gasteiger partial charge in [0.2, 0.25) is 0 Å². The second-order valence-electron chi connectivity index (χ2n) is 2.27. The van der Waals surface area contributed by atoms with Gasteiger partial charge in [-0.25, -0.2) is 0 Å². The molecule has 2 heteroatoms. The van der Waals surface area contributed by atoms with Gasteiger partial charge in [-0.3, -0.25) is 4.98 Å². The Labute approximate surface area is 67.0 Å². The molecule has 0 aliphatic heterocycles. The van der Waals surface area contributed by atoms with Gasteiger partial charge in [-0.1, -0.05) is 18.7 Å². The summed E-state index contributed by atoms with van der Waals surface area (Å²) < 4.78 is 0. The van der Waals surface area contributed by atoms with Crippen molar-refractivity contribution < 1.29 is 0 Å². The molecule has 0 aliphatic rings. The Hall–Kier alpha value is -1.15. The zero-order valence-electron chi connectivity index (χ0n) is 6.67. The van der Waals surface area contributed by atoms with Gasteiger partial charge in [0.15, 0.2) is 0 Å². The van der Waals surface area contributed by atoms with Crippen LogP contribution in [-0.4, -0.2) is 12.0 Å². The molecular formula is C9H12N2. The van der Waals surface area contributed by atoms with Crippen molar-refractivity contribution in [3.63, 3.8) is 0 Å². The molecule has 2 nitrogen and oxygen atoms in total. The number of hydrogen-bond donors (Lipinski definition) is 1. The zero-order chi connectivity index (χ0) is 8.10. The Morgan fingerprint density at radius 2 is 2.55 bits per heavy atom. The van der Waals surface area contributed by atoms with Gasteiger partial charge in [0.25, 0.3) is 0 Å². The van der Waals surface area contributed by atoms with Crippen LogP contribution in [0.1, 0.15) is 11.3 Å². The highest BCUT2D eigenvalue weighted by atomic mass is 14.8. The second-order valence-corrected chi connectivity index (χ2v) is 2.27. The summed E-state index contributed by atoms with van der Waals surface area (Å²) >= 11 is 0. The Balaban J connectivity index is 2.92. The van der Waals surface area contributed by atoms with E-state index in [0.29, 0.717) is 0 Å². The van der Waals surface area contributed by atoms with E-state index in [1.807, 2.05) is 25.3 Å². The zero-order valence-corrected chi connectivity index (χ0v) is 6.67. The van der Waals surface area contributed by atoms with Crippen LogP contribution >= 0.6 is 0 Å². The molecule has 0 unspecified atom stereocenters. The quantitative estimate of drug-likeness (QED) is 0.701. The maximum Gasteiger partial charge on any atom is 0.0613 e. The lowest BCUT2D eigenvalue weighted by Gasteiger charge is -2.01. The summed E-state index contributed by atoms with van der Waals surface area (Å²) in [6, 6.07) is 3.92. The van der Waals surface area contributed by atoms with Gasteiger partial charge in [0.1, 0.15) is 0 Å². The minimum Gasteiger partial charge on any atom is -0.314 e. The molecule has 11 heavy (non-hydrogen) atoms. The Morgan fingerprint density at radius 1 is 1.73 bits per heavy atom. The molecule has 1 heterocycles. The molecule has 0 fully saturated rings. The molecule has 0 aromatic carbocycles. The van der Waals surface area contributed by atoms with Crippen molar-refractivity contribution in [3.8, 4) is 0 Å². The van der Waals surface area contributed by atoms with Crippen LogP contribution in [0, 0.1) is 0 Å². The molecule has 58 valence electrons. The fourth-order valence-corrected chi connectivity index (χ4v) is 0.951. The summed E-state index contributed by atoms with van der Waals surface area (Å²) in [4.78, 5) is 4.21. The van der Waals surface area contributed by atoms with E-state index in [-0.39, 0.29) is 0 Å². The van der Waals surface area contributed by atoms with E-state index in [0.717, 1.165) is 17.8 Å². The van der Waals surface area contributed by atoms with Gasteiger partial charge in [0.05, 0.1) is 5.69 Å². The minimum absolute atomic E-state index is 0.794. The monoisotopic (exact) mass is 148 g/mol. The van der Waals surface area contributed by atoms with Gasteiger partial charge in [-0.05, 0) is 18.7 Å². The largest absolute Gasteiger partial charge is 0.314 e. The van der Waals surface area contributed by atoms with E-state index >= 15 is 0 Å². The Kier molecular flexibility index (Phi) is 2.81. The van der Waals surface area contributed by atoms with E-state index in [9.17, 15) is 0 Å². The maximum atomic E-state index is 4.21. The molecule has 1 aromatic rings. The van der Waals surface area contributed by atoms with Crippen LogP contribution in [0.15, 0.2) is 24.9 Å². The summed E-state index contributed by atoms with van der Waals surface area (Å²) in [5.41, 5.74) is 2.15. The third kappa shape index (κ3) is 1.88. The molecule has 1 rings (SSSR count). The van der Waals surface area contributed by atoms with Gasteiger partial charge in [0, 0.05) is 12.7 Å². The fraction of sp³-hybridized carbons (Fsp3) is 0.222. The molecule has 0 saturated carbocycles. The molecule has 0 radical (unpaired) electrons. The van der Waals surface area contributed by atoms with Crippen molar-refractivity contribution in [2.75, 3.05) is 7.05 Å². The van der Waals surface area contributed by atoms with Crippen molar-refractivity contribution in [2.24, 2.45) is 0 Å². The van der Waals surface area contributed by atoms with Crippen LogP contribution in [0.25, 0.3) is 6.08 Å². The summed E-state index contributed by atoms with van der Waals surface area (Å²) in [6.45, 7) is 4.50. The van der Waals surface area contributed by atoms with Crippen LogP contribution in [0.4, 0.5) is 0 Å². The topological polar surface area (TPSA) is 24.9 Å². The summed E-state index contributed by atoms with van der Waals surface area (Å²) in [7, 11) is 1.90. The molecule has 0 bridgehead atoms. The third-order valence-electron chi connectivity index (χ3n) is 1.49. The highest BCUT2D eigenvalue weighted by Gasteiger charge is 1.95. The van der Waals surface area contributed by atoms with Gasteiger partial charge in [-0.15, -0.1) is 0 Å². The second kappa shape index (κ2) is 3.88. The van der Waals surface area contributed by atoms with Crippen molar-refractivity contribution in [1.29, 1.82) is 0 Å². The average Bonchev–Trinajstić information content (AvgIpc) is 2.06. The fourth-order valence-electron chi connectivity index (χ4n) is 0.951. The summed E-state index contributed by atoms with van der Waals surface area (Å²) in [6.07, 6.45) is 3.61. The van der Waals surface area contributed by atoms with Crippen molar-refractivity contribution in [1.82, 2.24) is 10.3 Å². The average molecular weight is 148 g/mol. The molecule has 1 aromatic heterocycles. The van der Waals surface area contributed by atoms with Crippen LogP contribution in [0.2, 0.25) is 0 Å². The first-order valence-electron chi connectivity index (χ1n) is 3.59. The molecule has 0 spiro atoms. The first kappa shape index (κ1) is 7.95. The first-order valence-corrected chi connectivity index (χ1v) is 3.59. The molecule has 0 aliphatic carbocycles. The lowest BCUT2D eigenvalue weighted by Crippen LogP contribution is -2.07. The van der Waals surface area contributed by atoms with Crippen molar-refractivity contribution in [3.05, 3.63) is 36.2 Å². The van der Waals surface area contributed by atoms with Gasteiger partial charge >= 0.3 is 0 Å². The number of nitrogens with zero attached hydrogens (tertiary/aromatic N) is 1. The molecular weight excluding hydrogens is 136 g/mol. The molecule has 0 amide bonds. The van der Waals surface area contributed by atoms with Crippen molar-refractivity contribution >= 4 is 6.08 Å². The van der Waals surface area contributed by atoms with Gasteiger partial charge in [-0.2, -0.15) is 0 Å². The third-order valence-corrected chi connectivity index (χ3v) is 1.49. The van der Waals surface area contributed by atoms with Crippen LogP contribution in [0.3, 0.4) is 0 Å². The predicted molar refractivity (Wildman–Crippen MR) is 47.1 cm³/mol. The smallest absolute Gasteiger partial charge is 0.0613 e. The summed E-state index contributed by atoms with van der Waals surface area (Å²) in [5.74, 6) is 0. The number of hydrogen-bond acceptors (Lipinski definition) is 2. The molecule has 0 saturated heterocycles. The van der Waals surface area contributed by atoms with E-state index in [1.54, 1.807) is 6.20 Å². The van der Waals surface area contributed by atoms with Crippen LogP contribution < -0.4 is 5.32 Å². The van der Waals surface area contributed by atoms with Gasteiger partial charge < -0.3 is 5.32 Å². The molecule has 1 N–H and O–H groups in total. The maximum absolute atomic E-state index is 4.21. The number of rotatable bonds is 3. The minimum atomic E-state index is 0.794. The highest BCUT2D eigenvalue weighted by molar-refractivity contribution is 5.49. The Bertz CT molecular complexity index is 243. The lowest BCUT2D eigenvalue weighted by molar-refractivity contribution is 0.789. The Morgan fingerprint density at radius 3 is 3.18 bits per heavy atom. The highest BCUT2D eigenvalue weighted by Crippen LogP contribution is 2.05.